The van der Waals surface area contributed by atoms with Crippen molar-refractivity contribution in [1.29, 1.82) is 5.26 Å². The molecule has 0 amide bonds. The third kappa shape index (κ3) is 3.83. The van der Waals surface area contributed by atoms with E-state index in [1.807, 2.05) is 0 Å². The Labute approximate surface area is 106 Å². The van der Waals surface area contributed by atoms with E-state index in [9.17, 15) is 4.79 Å². The fourth-order valence-corrected chi connectivity index (χ4v) is 1.19. The second kappa shape index (κ2) is 6.97. The lowest BCUT2D eigenvalue weighted by molar-refractivity contribution is -0.138. The Morgan fingerprint density at radius 3 is 2.61 bits per heavy atom. The maximum atomic E-state index is 11.3. The normalized spacial score (nSPS) is 10.4. The highest BCUT2D eigenvalue weighted by Gasteiger charge is 2.08. The molecule has 5 nitrogen and oxygen atoms in total. The molecule has 0 fully saturated rings. The van der Waals surface area contributed by atoms with Gasteiger partial charge < -0.3 is 14.8 Å². The Hall–Kier alpha value is -2.48. The number of rotatable bonds is 5. The van der Waals surface area contributed by atoms with Gasteiger partial charge in [-0.3, -0.25) is 0 Å². The van der Waals surface area contributed by atoms with Crippen LogP contribution in [-0.4, -0.2) is 19.7 Å². The molecule has 0 aliphatic heterocycles. The van der Waals surface area contributed by atoms with E-state index in [-0.39, 0.29) is 12.2 Å². The molecule has 18 heavy (non-hydrogen) atoms. The van der Waals surface area contributed by atoms with Gasteiger partial charge in [0.05, 0.1) is 13.7 Å². The summed E-state index contributed by atoms with van der Waals surface area (Å²) in [7, 11) is 1.58. The topological polar surface area (TPSA) is 71.4 Å². The molecule has 1 rings (SSSR count). The minimum atomic E-state index is -0.638. The van der Waals surface area contributed by atoms with Crippen LogP contribution in [0.3, 0.4) is 0 Å². The van der Waals surface area contributed by atoms with Crippen molar-refractivity contribution in [2.45, 2.75) is 6.92 Å². The van der Waals surface area contributed by atoms with Gasteiger partial charge in [0.25, 0.3) is 0 Å². The average molecular weight is 246 g/mol. The Kier molecular flexibility index (Phi) is 5.26. The summed E-state index contributed by atoms with van der Waals surface area (Å²) in [6.07, 6.45) is 1.32. The van der Waals surface area contributed by atoms with Gasteiger partial charge in [-0.15, -0.1) is 0 Å². The van der Waals surface area contributed by atoms with Gasteiger partial charge in [-0.2, -0.15) is 5.26 Å². The molecule has 0 aliphatic rings. The third-order valence-corrected chi connectivity index (χ3v) is 2.09. The third-order valence-electron chi connectivity index (χ3n) is 2.09. The van der Waals surface area contributed by atoms with Crippen LogP contribution >= 0.6 is 0 Å². The summed E-state index contributed by atoms with van der Waals surface area (Å²) in [6, 6.07) is 8.87. The molecule has 0 spiro atoms. The van der Waals surface area contributed by atoms with E-state index in [2.05, 4.69) is 5.32 Å². The van der Waals surface area contributed by atoms with Gasteiger partial charge in [-0.05, 0) is 31.2 Å². The van der Waals surface area contributed by atoms with Crippen molar-refractivity contribution in [2.75, 3.05) is 19.0 Å². The Morgan fingerprint density at radius 2 is 2.11 bits per heavy atom. The summed E-state index contributed by atoms with van der Waals surface area (Å²) in [5, 5.41) is 11.6. The minimum Gasteiger partial charge on any atom is -0.497 e. The summed E-state index contributed by atoms with van der Waals surface area (Å²) in [5.74, 6) is 0.0939. The first-order chi connectivity index (χ1) is 8.71. The Morgan fingerprint density at radius 1 is 1.44 bits per heavy atom. The van der Waals surface area contributed by atoms with Crippen LogP contribution in [0, 0.1) is 11.3 Å². The SMILES string of the molecule is CCOC(=O)C(C#N)=CNc1ccc(OC)cc1. The number of nitrogens with zero attached hydrogens (tertiary/aromatic N) is 1. The minimum absolute atomic E-state index is 0.0762. The molecule has 0 unspecified atom stereocenters. The van der Waals surface area contributed by atoms with Crippen molar-refractivity contribution >= 4 is 11.7 Å². The zero-order chi connectivity index (χ0) is 13.4. The predicted octanol–water partition coefficient (Wildman–Crippen LogP) is 2.08. The number of benzene rings is 1. The lowest BCUT2D eigenvalue weighted by Gasteiger charge is -2.04. The second-order valence-electron chi connectivity index (χ2n) is 3.26. The molecule has 0 radical (unpaired) electrons. The lowest BCUT2D eigenvalue weighted by Crippen LogP contribution is -2.07. The second-order valence-corrected chi connectivity index (χ2v) is 3.26. The van der Waals surface area contributed by atoms with E-state index in [0.717, 1.165) is 11.4 Å². The molecular formula is C13H14N2O3. The number of methoxy groups -OCH3 is 1. The zero-order valence-corrected chi connectivity index (χ0v) is 10.3. The number of nitriles is 1. The number of hydrogen-bond donors (Lipinski definition) is 1. The van der Waals surface area contributed by atoms with Crippen LogP contribution in [-0.2, 0) is 9.53 Å². The van der Waals surface area contributed by atoms with Gasteiger partial charge in [0.2, 0.25) is 0 Å². The van der Waals surface area contributed by atoms with Gasteiger partial charge >= 0.3 is 5.97 Å². The molecule has 0 aromatic heterocycles. The predicted molar refractivity (Wildman–Crippen MR) is 66.9 cm³/mol. The van der Waals surface area contributed by atoms with Crippen molar-refractivity contribution in [1.82, 2.24) is 0 Å². The van der Waals surface area contributed by atoms with Gasteiger partial charge in [-0.25, -0.2) is 4.79 Å². The fraction of sp³-hybridized carbons (Fsp3) is 0.231. The van der Waals surface area contributed by atoms with Crippen molar-refractivity contribution in [2.24, 2.45) is 0 Å². The zero-order valence-electron chi connectivity index (χ0n) is 10.3. The molecule has 0 bridgehead atoms. The van der Waals surface area contributed by atoms with Crippen LogP contribution in [0.2, 0.25) is 0 Å². The van der Waals surface area contributed by atoms with E-state index >= 15 is 0 Å². The van der Waals surface area contributed by atoms with Crippen molar-refractivity contribution in [3.8, 4) is 11.8 Å². The summed E-state index contributed by atoms with van der Waals surface area (Å²) in [4.78, 5) is 11.3. The van der Waals surface area contributed by atoms with Crippen molar-refractivity contribution in [3.63, 3.8) is 0 Å². The first-order valence-corrected chi connectivity index (χ1v) is 5.39. The van der Waals surface area contributed by atoms with Gasteiger partial charge in [0, 0.05) is 11.9 Å². The molecule has 94 valence electrons. The van der Waals surface area contributed by atoms with Crippen LogP contribution in [0.15, 0.2) is 36.0 Å². The highest BCUT2D eigenvalue weighted by Crippen LogP contribution is 2.15. The highest BCUT2D eigenvalue weighted by molar-refractivity contribution is 5.93. The number of ether oxygens (including phenoxy) is 2. The molecule has 0 saturated heterocycles. The first-order valence-electron chi connectivity index (χ1n) is 5.39. The average Bonchev–Trinajstić information content (AvgIpc) is 2.40. The van der Waals surface area contributed by atoms with Gasteiger partial charge in [0.1, 0.15) is 11.8 Å². The van der Waals surface area contributed by atoms with E-state index in [4.69, 9.17) is 14.7 Å². The van der Waals surface area contributed by atoms with E-state index in [1.54, 1.807) is 44.4 Å². The molecule has 1 aromatic carbocycles. The summed E-state index contributed by atoms with van der Waals surface area (Å²) >= 11 is 0. The number of nitrogens with one attached hydrogen (secondary N) is 1. The standard InChI is InChI=1S/C13H14N2O3/c1-3-18-13(16)10(8-14)9-15-11-4-6-12(17-2)7-5-11/h4-7,9,15H,3H2,1-2H3. The van der Waals surface area contributed by atoms with E-state index in [1.165, 1.54) is 6.20 Å². The van der Waals surface area contributed by atoms with E-state index in [0.29, 0.717) is 0 Å². The van der Waals surface area contributed by atoms with Crippen molar-refractivity contribution < 1.29 is 14.3 Å². The summed E-state index contributed by atoms with van der Waals surface area (Å²) in [6.45, 7) is 1.92. The first kappa shape index (κ1) is 13.6. The van der Waals surface area contributed by atoms with Crippen LogP contribution in [0.5, 0.6) is 5.75 Å². The number of hydrogen-bond acceptors (Lipinski definition) is 5. The smallest absolute Gasteiger partial charge is 0.350 e. The van der Waals surface area contributed by atoms with Crippen LogP contribution < -0.4 is 10.1 Å². The van der Waals surface area contributed by atoms with Gasteiger partial charge in [0.15, 0.2) is 5.57 Å². The molecule has 0 saturated carbocycles. The number of esters is 1. The summed E-state index contributed by atoms with van der Waals surface area (Å²) < 4.78 is 9.75. The summed E-state index contributed by atoms with van der Waals surface area (Å²) in [5.41, 5.74) is 0.667. The molecule has 0 aliphatic carbocycles. The van der Waals surface area contributed by atoms with Crippen LogP contribution in [0.4, 0.5) is 5.69 Å². The van der Waals surface area contributed by atoms with Crippen molar-refractivity contribution in [3.05, 3.63) is 36.0 Å². The number of anilines is 1. The highest BCUT2D eigenvalue weighted by atomic mass is 16.5. The lowest BCUT2D eigenvalue weighted by atomic mass is 10.3. The molecular weight excluding hydrogens is 232 g/mol. The maximum absolute atomic E-state index is 11.3. The largest absolute Gasteiger partial charge is 0.497 e. The van der Waals surface area contributed by atoms with Crippen LogP contribution in [0.1, 0.15) is 6.92 Å². The molecule has 5 heteroatoms. The molecule has 1 aromatic rings. The molecule has 0 heterocycles. The van der Waals surface area contributed by atoms with E-state index < -0.39 is 5.97 Å². The fourth-order valence-electron chi connectivity index (χ4n) is 1.19. The quantitative estimate of drug-likeness (QED) is 0.489. The van der Waals surface area contributed by atoms with Crippen LogP contribution in [0.25, 0.3) is 0 Å². The Balaban J connectivity index is 2.71. The number of carbonyl (C=O) groups is 1. The monoisotopic (exact) mass is 246 g/mol. The molecule has 0 atom stereocenters. The maximum Gasteiger partial charge on any atom is 0.350 e. The molecule has 1 N–H and O–H groups in total. The van der Waals surface area contributed by atoms with Gasteiger partial charge in [-0.1, -0.05) is 0 Å². The Bertz CT molecular complexity index is 472. The number of carbonyl (C=O) groups excluding carboxylic acids is 1.